The smallest absolute Gasteiger partial charge is 0.272 e. The third kappa shape index (κ3) is 2.26. The second-order valence-electron chi connectivity index (χ2n) is 4.10. The molecule has 1 aromatic heterocycles. The van der Waals surface area contributed by atoms with Crippen molar-refractivity contribution in [2.45, 2.75) is 20.1 Å². The molecule has 0 bridgehead atoms. The first-order valence-corrected chi connectivity index (χ1v) is 5.61. The minimum Gasteiger partial charge on any atom is -0.390 e. The summed E-state index contributed by atoms with van der Waals surface area (Å²) in [6, 6.07) is 8.72. The standard InChI is InChI=1S/C13H14N2O3/c1-10-11(4-2-6-13(10)15(17)18)8-14-7-3-5-12(14)9-16/h2-7,16H,8-9H2,1H3. The van der Waals surface area contributed by atoms with E-state index < -0.39 is 0 Å². The van der Waals surface area contributed by atoms with E-state index in [1.54, 1.807) is 13.0 Å². The number of rotatable bonds is 4. The van der Waals surface area contributed by atoms with Gasteiger partial charge in [0.2, 0.25) is 0 Å². The van der Waals surface area contributed by atoms with E-state index in [2.05, 4.69) is 0 Å². The van der Waals surface area contributed by atoms with Gasteiger partial charge in [0.1, 0.15) is 0 Å². The van der Waals surface area contributed by atoms with Crippen molar-refractivity contribution in [3.63, 3.8) is 0 Å². The normalized spacial score (nSPS) is 10.6. The van der Waals surface area contributed by atoms with E-state index in [9.17, 15) is 10.1 Å². The number of aliphatic hydroxyl groups is 1. The highest BCUT2D eigenvalue weighted by Gasteiger charge is 2.13. The molecule has 0 unspecified atom stereocenters. The Balaban J connectivity index is 2.35. The summed E-state index contributed by atoms with van der Waals surface area (Å²) in [4.78, 5) is 10.5. The monoisotopic (exact) mass is 246 g/mol. The number of nitrogens with zero attached hydrogens (tertiary/aromatic N) is 2. The molecule has 18 heavy (non-hydrogen) atoms. The maximum absolute atomic E-state index is 10.9. The molecular weight excluding hydrogens is 232 g/mol. The van der Waals surface area contributed by atoms with E-state index in [1.807, 2.05) is 29.0 Å². The molecule has 1 N–H and O–H groups in total. The molecule has 5 heteroatoms. The van der Waals surface area contributed by atoms with Gasteiger partial charge in [-0.2, -0.15) is 0 Å². The van der Waals surface area contributed by atoms with E-state index >= 15 is 0 Å². The first-order chi connectivity index (χ1) is 8.63. The largest absolute Gasteiger partial charge is 0.390 e. The minimum atomic E-state index is -0.374. The van der Waals surface area contributed by atoms with Gasteiger partial charge in [-0.3, -0.25) is 10.1 Å². The van der Waals surface area contributed by atoms with Gasteiger partial charge in [-0.1, -0.05) is 12.1 Å². The van der Waals surface area contributed by atoms with Gasteiger partial charge in [-0.25, -0.2) is 0 Å². The Labute approximate surface area is 104 Å². The summed E-state index contributed by atoms with van der Waals surface area (Å²) >= 11 is 0. The van der Waals surface area contributed by atoms with Crippen LogP contribution in [0.5, 0.6) is 0 Å². The van der Waals surface area contributed by atoms with Gasteiger partial charge in [0, 0.05) is 30.1 Å². The zero-order chi connectivity index (χ0) is 13.1. The Kier molecular flexibility index (Phi) is 3.43. The maximum atomic E-state index is 10.9. The average Bonchev–Trinajstić information content (AvgIpc) is 2.78. The zero-order valence-electron chi connectivity index (χ0n) is 10.0. The molecule has 0 saturated heterocycles. The molecule has 0 radical (unpaired) electrons. The number of hydrogen-bond acceptors (Lipinski definition) is 3. The SMILES string of the molecule is Cc1c(Cn2cccc2CO)cccc1[N+](=O)[O-]. The van der Waals surface area contributed by atoms with E-state index in [0.717, 1.165) is 11.3 Å². The molecule has 2 rings (SSSR count). The summed E-state index contributed by atoms with van der Waals surface area (Å²) in [6.45, 7) is 2.23. The van der Waals surface area contributed by atoms with Crippen LogP contribution < -0.4 is 0 Å². The van der Waals surface area contributed by atoms with Crippen LogP contribution in [0.4, 0.5) is 5.69 Å². The zero-order valence-corrected chi connectivity index (χ0v) is 10.0. The van der Waals surface area contributed by atoms with Crippen LogP contribution in [0, 0.1) is 17.0 Å². The molecule has 5 nitrogen and oxygen atoms in total. The third-order valence-electron chi connectivity index (χ3n) is 3.04. The van der Waals surface area contributed by atoms with Gasteiger partial charge in [0.05, 0.1) is 11.5 Å². The molecule has 1 heterocycles. The quantitative estimate of drug-likeness (QED) is 0.664. The Bertz CT molecular complexity index is 575. The summed E-state index contributed by atoms with van der Waals surface area (Å²) in [5.41, 5.74) is 2.47. The summed E-state index contributed by atoms with van der Waals surface area (Å²) in [5, 5.41) is 20.0. The molecule has 0 aliphatic rings. The molecule has 0 atom stereocenters. The molecule has 0 amide bonds. The van der Waals surface area contributed by atoms with Gasteiger partial charge < -0.3 is 9.67 Å². The molecule has 0 aliphatic carbocycles. The Morgan fingerprint density at radius 1 is 1.33 bits per heavy atom. The highest BCUT2D eigenvalue weighted by molar-refractivity contribution is 5.44. The number of nitro groups is 1. The predicted octanol–water partition coefficient (Wildman–Crippen LogP) is 2.25. The van der Waals surface area contributed by atoms with Gasteiger partial charge >= 0.3 is 0 Å². The molecule has 94 valence electrons. The number of benzene rings is 1. The van der Waals surface area contributed by atoms with Crippen molar-refractivity contribution < 1.29 is 10.0 Å². The lowest BCUT2D eigenvalue weighted by atomic mass is 10.1. The fraction of sp³-hybridized carbons (Fsp3) is 0.231. The third-order valence-corrected chi connectivity index (χ3v) is 3.04. The number of aromatic nitrogens is 1. The predicted molar refractivity (Wildman–Crippen MR) is 67.3 cm³/mol. The fourth-order valence-electron chi connectivity index (χ4n) is 1.97. The van der Waals surface area contributed by atoms with Gasteiger partial charge in [-0.05, 0) is 24.6 Å². The summed E-state index contributed by atoms with van der Waals surface area (Å²) < 4.78 is 1.88. The molecule has 0 spiro atoms. The van der Waals surface area contributed by atoms with Crippen molar-refractivity contribution in [3.05, 3.63) is 63.5 Å². The van der Waals surface area contributed by atoms with Gasteiger partial charge in [0.15, 0.2) is 0 Å². The average molecular weight is 246 g/mol. The van der Waals surface area contributed by atoms with Crippen molar-refractivity contribution in [3.8, 4) is 0 Å². The van der Waals surface area contributed by atoms with Crippen LogP contribution in [0.15, 0.2) is 36.5 Å². The topological polar surface area (TPSA) is 68.3 Å². The fourth-order valence-corrected chi connectivity index (χ4v) is 1.97. The first kappa shape index (κ1) is 12.3. The van der Waals surface area contributed by atoms with Crippen molar-refractivity contribution >= 4 is 5.69 Å². The van der Waals surface area contributed by atoms with Crippen molar-refractivity contribution in [1.29, 1.82) is 0 Å². The van der Waals surface area contributed by atoms with Crippen LogP contribution in [0.1, 0.15) is 16.8 Å². The highest BCUT2D eigenvalue weighted by Crippen LogP contribution is 2.22. The second-order valence-corrected chi connectivity index (χ2v) is 4.10. The highest BCUT2D eigenvalue weighted by atomic mass is 16.6. The van der Waals surface area contributed by atoms with Gasteiger partial charge in [0.25, 0.3) is 5.69 Å². The van der Waals surface area contributed by atoms with Crippen LogP contribution >= 0.6 is 0 Å². The summed E-state index contributed by atoms with van der Waals surface area (Å²) in [7, 11) is 0. The molecule has 0 saturated carbocycles. The molecule has 0 fully saturated rings. The van der Waals surface area contributed by atoms with E-state index in [4.69, 9.17) is 5.11 Å². The van der Waals surface area contributed by atoms with Crippen molar-refractivity contribution in [2.75, 3.05) is 0 Å². The van der Waals surface area contributed by atoms with E-state index in [-0.39, 0.29) is 17.2 Å². The van der Waals surface area contributed by atoms with Crippen LogP contribution in [-0.2, 0) is 13.2 Å². The van der Waals surface area contributed by atoms with Crippen LogP contribution in [0.2, 0.25) is 0 Å². The van der Waals surface area contributed by atoms with Crippen molar-refractivity contribution in [1.82, 2.24) is 4.57 Å². The Morgan fingerprint density at radius 3 is 2.78 bits per heavy atom. The molecule has 0 aliphatic heterocycles. The minimum absolute atomic E-state index is 0.0407. The number of aliphatic hydroxyl groups excluding tert-OH is 1. The summed E-state index contributed by atoms with van der Waals surface area (Å²) in [6.07, 6.45) is 1.85. The van der Waals surface area contributed by atoms with E-state index in [0.29, 0.717) is 12.1 Å². The lowest BCUT2D eigenvalue weighted by Crippen LogP contribution is -2.05. The number of nitro benzene ring substituents is 1. The first-order valence-electron chi connectivity index (χ1n) is 5.61. The second kappa shape index (κ2) is 5.01. The molecule has 2 aromatic rings. The molecular formula is C13H14N2O3. The molecule has 1 aromatic carbocycles. The Hall–Kier alpha value is -2.14. The maximum Gasteiger partial charge on any atom is 0.272 e. The van der Waals surface area contributed by atoms with Crippen LogP contribution in [0.3, 0.4) is 0 Å². The van der Waals surface area contributed by atoms with E-state index in [1.165, 1.54) is 6.07 Å². The lowest BCUT2D eigenvalue weighted by Gasteiger charge is -2.10. The van der Waals surface area contributed by atoms with Crippen LogP contribution in [-0.4, -0.2) is 14.6 Å². The van der Waals surface area contributed by atoms with Crippen molar-refractivity contribution in [2.24, 2.45) is 0 Å². The van der Waals surface area contributed by atoms with Crippen LogP contribution in [0.25, 0.3) is 0 Å². The summed E-state index contributed by atoms with van der Waals surface area (Å²) in [5.74, 6) is 0. The number of hydrogen-bond donors (Lipinski definition) is 1. The van der Waals surface area contributed by atoms with Gasteiger partial charge in [-0.15, -0.1) is 0 Å². The Morgan fingerprint density at radius 2 is 2.11 bits per heavy atom. The lowest BCUT2D eigenvalue weighted by molar-refractivity contribution is -0.385.